The van der Waals surface area contributed by atoms with Crippen molar-refractivity contribution in [2.24, 2.45) is 0 Å². The molecule has 0 bridgehead atoms. The highest BCUT2D eigenvalue weighted by Crippen LogP contribution is 2.34. The van der Waals surface area contributed by atoms with Crippen LogP contribution in [-0.2, 0) is 45.1 Å². The first-order valence-electron chi connectivity index (χ1n) is 18.6. The van der Waals surface area contributed by atoms with E-state index in [2.05, 4.69) is 70.4 Å². The second kappa shape index (κ2) is 17.3. The second-order valence-corrected chi connectivity index (χ2v) is 13.9. The Hall–Kier alpha value is -6.24. The smallest absolute Gasteiger partial charge is 0.269 e. The molecule has 2 aliphatic rings. The van der Waals surface area contributed by atoms with Gasteiger partial charge >= 0.3 is 0 Å². The molecule has 7 rings (SSSR count). The summed E-state index contributed by atoms with van der Waals surface area (Å²) >= 11 is 0. The molecule has 5 aromatic rings. The molecule has 3 aromatic heterocycles. The van der Waals surface area contributed by atoms with E-state index in [0.29, 0.717) is 44.6 Å². The minimum Gasteiger partial charge on any atom is -0.351 e. The molecule has 55 heavy (non-hydrogen) atoms. The van der Waals surface area contributed by atoms with Crippen molar-refractivity contribution in [3.8, 4) is 22.5 Å². The van der Waals surface area contributed by atoms with E-state index in [9.17, 15) is 24.0 Å². The zero-order valence-electron chi connectivity index (χ0n) is 31.7. The fourth-order valence-corrected chi connectivity index (χ4v) is 7.01. The summed E-state index contributed by atoms with van der Waals surface area (Å²) in [5.74, 6) is 0.286. The lowest BCUT2D eigenvalue weighted by Crippen LogP contribution is -2.50. The Kier molecular flexibility index (Phi) is 12.1. The van der Waals surface area contributed by atoms with Crippen LogP contribution < -0.4 is 10.6 Å². The standard InChI is InChI=1S/C35H36N6O2.C7H10N2O3/c1-4-33-39-34(32-22-40(24(3)42)16-17-41(32)33)28-12-6-11-26-19-31(38-21-29(26)28)27-13-14-30(37-20-27)35(43)36-15-7-10-25-9-5-8-23(2)18-25;1-9(4-10)5-2-3-6(11)8-7(5)12/h5-6,8-9,11-14,18-21H,4,7,10,15-17,22H2,1-3H3,(H,36,43);4-5H,2-3H2,1H3,(H,8,11,12). The number of hydrogen-bond acceptors (Lipinski definition) is 8. The predicted octanol–water partition coefficient (Wildman–Crippen LogP) is 4.64. The number of likely N-dealkylation sites (N-methyl/N-ethyl adjacent to an activating group) is 1. The maximum absolute atomic E-state index is 12.7. The van der Waals surface area contributed by atoms with E-state index in [1.165, 1.54) is 23.1 Å². The van der Waals surface area contributed by atoms with Gasteiger partial charge in [-0.1, -0.05) is 55.0 Å². The van der Waals surface area contributed by atoms with Crippen molar-refractivity contribution in [3.63, 3.8) is 0 Å². The number of benzene rings is 2. The molecule has 2 aromatic carbocycles. The largest absolute Gasteiger partial charge is 0.351 e. The van der Waals surface area contributed by atoms with Gasteiger partial charge in [0.15, 0.2) is 0 Å². The number of rotatable bonds is 10. The summed E-state index contributed by atoms with van der Waals surface area (Å²) in [5, 5.41) is 7.19. The number of piperidine rings is 1. The zero-order valence-corrected chi connectivity index (χ0v) is 31.7. The Morgan fingerprint density at radius 3 is 2.56 bits per heavy atom. The summed E-state index contributed by atoms with van der Waals surface area (Å²) in [6, 6.07) is 19.8. The molecule has 5 amide bonds. The van der Waals surface area contributed by atoms with Crippen molar-refractivity contribution in [2.45, 2.75) is 72.0 Å². The van der Waals surface area contributed by atoms with Crippen molar-refractivity contribution < 1.29 is 24.0 Å². The molecule has 13 nitrogen and oxygen atoms in total. The number of amides is 5. The van der Waals surface area contributed by atoms with Crippen molar-refractivity contribution in [1.29, 1.82) is 0 Å². The average molecular weight is 743 g/mol. The molecule has 0 spiro atoms. The number of carbonyl (C=O) groups excluding carboxylic acids is 5. The van der Waals surface area contributed by atoms with Crippen LogP contribution in [0.25, 0.3) is 33.3 Å². The molecule has 1 unspecified atom stereocenters. The van der Waals surface area contributed by atoms with Crippen molar-refractivity contribution >= 4 is 40.8 Å². The number of imidazole rings is 1. The normalized spacial score (nSPS) is 15.1. The third-order valence-corrected chi connectivity index (χ3v) is 10.0. The maximum Gasteiger partial charge on any atom is 0.269 e. The Morgan fingerprint density at radius 1 is 1.04 bits per heavy atom. The van der Waals surface area contributed by atoms with E-state index in [1.807, 2.05) is 29.3 Å². The molecule has 284 valence electrons. The van der Waals surface area contributed by atoms with Gasteiger partial charge in [0, 0.05) is 75.4 Å². The first kappa shape index (κ1) is 38.5. The van der Waals surface area contributed by atoms with Crippen molar-refractivity contribution in [2.75, 3.05) is 20.1 Å². The summed E-state index contributed by atoms with van der Waals surface area (Å²) in [6.45, 7) is 8.43. The third-order valence-electron chi connectivity index (χ3n) is 10.0. The maximum atomic E-state index is 12.7. The molecular weight excluding hydrogens is 697 g/mol. The Morgan fingerprint density at radius 2 is 1.85 bits per heavy atom. The molecule has 1 saturated heterocycles. The number of nitrogens with zero attached hydrogens (tertiary/aromatic N) is 6. The van der Waals surface area contributed by atoms with Gasteiger partial charge in [-0.2, -0.15) is 0 Å². The third kappa shape index (κ3) is 8.94. The van der Waals surface area contributed by atoms with Crippen LogP contribution in [0, 0.1) is 6.92 Å². The second-order valence-electron chi connectivity index (χ2n) is 13.9. The van der Waals surface area contributed by atoms with Crippen LogP contribution in [0.1, 0.15) is 66.2 Å². The predicted molar refractivity (Wildman–Crippen MR) is 208 cm³/mol. The Bertz CT molecular complexity index is 2230. The fourth-order valence-electron chi connectivity index (χ4n) is 7.01. The summed E-state index contributed by atoms with van der Waals surface area (Å²) in [5.41, 5.74) is 7.54. The van der Waals surface area contributed by atoms with Crippen LogP contribution in [0.4, 0.5) is 0 Å². The van der Waals surface area contributed by atoms with Crippen LogP contribution >= 0.6 is 0 Å². The molecular formula is C42H46N8O5. The minimum atomic E-state index is -0.486. The van der Waals surface area contributed by atoms with E-state index in [4.69, 9.17) is 9.97 Å². The van der Waals surface area contributed by atoms with Gasteiger partial charge in [0.05, 0.1) is 23.6 Å². The molecule has 2 N–H and O–H groups in total. The van der Waals surface area contributed by atoms with Gasteiger partial charge in [0.2, 0.25) is 24.1 Å². The summed E-state index contributed by atoms with van der Waals surface area (Å²) in [4.78, 5) is 74.3. The van der Waals surface area contributed by atoms with Gasteiger partial charge in [-0.05, 0) is 55.3 Å². The average Bonchev–Trinajstić information content (AvgIpc) is 3.57. The monoisotopic (exact) mass is 742 g/mol. The van der Waals surface area contributed by atoms with Gasteiger partial charge in [-0.25, -0.2) is 4.98 Å². The molecule has 0 radical (unpaired) electrons. The van der Waals surface area contributed by atoms with Gasteiger partial charge in [0.1, 0.15) is 17.6 Å². The number of aryl methyl sites for hydroxylation is 3. The number of hydrogen-bond donors (Lipinski definition) is 2. The lowest BCUT2D eigenvalue weighted by Gasteiger charge is -2.28. The van der Waals surface area contributed by atoms with Gasteiger partial charge in [-0.15, -0.1) is 0 Å². The molecule has 13 heteroatoms. The number of imide groups is 1. The van der Waals surface area contributed by atoms with Crippen LogP contribution in [-0.4, -0.2) is 85.5 Å². The lowest BCUT2D eigenvalue weighted by molar-refractivity contribution is -0.140. The Labute approximate surface area is 320 Å². The highest BCUT2D eigenvalue weighted by atomic mass is 16.2. The van der Waals surface area contributed by atoms with E-state index < -0.39 is 6.04 Å². The quantitative estimate of drug-likeness (QED) is 0.119. The molecule has 1 fully saturated rings. The van der Waals surface area contributed by atoms with Crippen LogP contribution in [0.2, 0.25) is 0 Å². The fraction of sp³-hybridized carbons (Fsp3) is 0.333. The van der Waals surface area contributed by atoms with Crippen LogP contribution in [0.3, 0.4) is 0 Å². The summed E-state index contributed by atoms with van der Waals surface area (Å²) in [7, 11) is 1.52. The van der Waals surface area contributed by atoms with Crippen molar-refractivity contribution in [3.05, 3.63) is 101 Å². The van der Waals surface area contributed by atoms with Crippen molar-refractivity contribution in [1.82, 2.24) is 40.0 Å². The van der Waals surface area contributed by atoms with Crippen LogP contribution in [0.5, 0.6) is 0 Å². The van der Waals surface area contributed by atoms with Gasteiger partial charge in [-0.3, -0.25) is 39.3 Å². The molecule has 5 heterocycles. The number of nitrogens with one attached hydrogen (secondary N) is 2. The first-order chi connectivity index (χ1) is 26.6. The zero-order chi connectivity index (χ0) is 39.1. The SMILES string of the molecule is CCc1nc(-c2cccc3cc(-c4ccc(C(=O)NCCCc5cccc(C)c5)nc4)ncc23)c2n1CCN(C(C)=O)C2.CN(C=O)C1CCC(=O)NC1=O. The molecule has 2 aliphatic heterocycles. The number of carbonyl (C=O) groups is 5. The van der Waals surface area contributed by atoms with E-state index >= 15 is 0 Å². The van der Waals surface area contributed by atoms with E-state index in [1.54, 1.807) is 19.2 Å². The summed E-state index contributed by atoms with van der Waals surface area (Å²) < 4.78 is 2.27. The lowest BCUT2D eigenvalue weighted by atomic mass is 10.0. The van der Waals surface area contributed by atoms with Gasteiger partial charge in [0.25, 0.3) is 5.91 Å². The topological polar surface area (TPSA) is 159 Å². The summed E-state index contributed by atoms with van der Waals surface area (Å²) in [6.07, 6.45) is 7.51. The molecule has 0 saturated carbocycles. The number of aromatic nitrogens is 4. The van der Waals surface area contributed by atoms with E-state index in [-0.39, 0.29) is 23.6 Å². The van der Waals surface area contributed by atoms with Crippen LogP contribution in [0.15, 0.2) is 73.1 Å². The number of pyridine rings is 2. The molecule has 1 atom stereocenters. The highest BCUT2D eigenvalue weighted by molar-refractivity contribution is 6.01. The van der Waals surface area contributed by atoms with E-state index in [0.717, 1.165) is 70.6 Å². The molecule has 0 aliphatic carbocycles. The highest BCUT2D eigenvalue weighted by Gasteiger charge is 2.29. The number of fused-ring (bicyclic) bond motifs is 2. The minimum absolute atomic E-state index is 0.0795. The Balaban J connectivity index is 0.000000367. The van der Waals surface area contributed by atoms with Gasteiger partial charge < -0.3 is 19.7 Å². The first-order valence-corrected chi connectivity index (χ1v) is 18.6.